The Morgan fingerprint density at radius 3 is 2.35 bits per heavy atom. The zero-order valence-corrected chi connectivity index (χ0v) is 13.0. The lowest BCUT2D eigenvalue weighted by Crippen LogP contribution is -2.52. The van der Waals surface area contributed by atoms with E-state index in [2.05, 4.69) is 17.6 Å². The Kier molecular flexibility index (Phi) is 5.84. The molecule has 5 nitrogen and oxygen atoms in total. The molecule has 0 bridgehead atoms. The Bertz CT molecular complexity index is 350. The van der Waals surface area contributed by atoms with Crippen LogP contribution in [0.1, 0.15) is 59.8 Å². The van der Waals surface area contributed by atoms with E-state index in [4.69, 9.17) is 5.11 Å². The van der Waals surface area contributed by atoms with E-state index in [1.165, 1.54) is 6.42 Å². The number of carbonyl (C=O) groups is 2. The SMILES string of the molecule is CC1CCCCC1NC(=O)NC(CC(=O)O)C(C)(C)C. The molecule has 0 aliphatic heterocycles. The van der Waals surface area contributed by atoms with Gasteiger partial charge in [-0.1, -0.05) is 40.5 Å². The number of carboxylic acids is 1. The van der Waals surface area contributed by atoms with E-state index in [1.54, 1.807) is 0 Å². The van der Waals surface area contributed by atoms with Crippen molar-refractivity contribution in [3.8, 4) is 0 Å². The predicted octanol–water partition coefficient (Wildman–Crippen LogP) is 2.75. The Balaban J connectivity index is 2.55. The number of urea groups is 1. The summed E-state index contributed by atoms with van der Waals surface area (Å²) in [6.07, 6.45) is 4.46. The first kappa shape index (κ1) is 16.8. The molecule has 2 amide bonds. The smallest absolute Gasteiger partial charge is 0.315 e. The van der Waals surface area contributed by atoms with Gasteiger partial charge in [0.05, 0.1) is 6.42 Å². The molecular formula is C15H28N2O3. The summed E-state index contributed by atoms with van der Waals surface area (Å²) < 4.78 is 0. The van der Waals surface area contributed by atoms with Crippen molar-refractivity contribution in [2.45, 2.75) is 71.9 Å². The van der Waals surface area contributed by atoms with Crippen molar-refractivity contribution >= 4 is 12.0 Å². The number of hydrogen-bond donors (Lipinski definition) is 3. The third-order valence-electron chi connectivity index (χ3n) is 4.16. The maximum atomic E-state index is 12.1. The molecule has 1 aliphatic carbocycles. The summed E-state index contributed by atoms with van der Waals surface area (Å²) in [6.45, 7) is 7.96. The van der Waals surface area contributed by atoms with E-state index in [0.717, 1.165) is 19.3 Å². The lowest BCUT2D eigenvalue weighted by atomic mass is 9.84. The molecule has 3 atom stereocenters. The van der Waals surface area contributed by atoms with Crippen LogP contribution < -0.4 is 10.6 Å². The van der Waals surface area contributed by atoms with Gasteiger partial charge in [-0.15, -0.1) is 0 Å². The molecule has 1 aliphatic rings. The van der Waals surface area contributed by atoms with Gasteiger partial charge in [-0.2, -0.15) is 0 Å². The molecule has 0 aromatic carbocycles. The number of amides is 2. The number of nitrogens with one attached hydrogen (secondary N) is 2. The maximum Gasteiger partial charge on any atom is 0.315 e. The quantitative estimate of drug-likeness (QED) is 0.742. The lowest BCUT2D eigenvalue weighted by molar-refractivity contribution is -0.138. The van der Waals surface area contributed by atoms with Crippen LogP contribution in [0, 0.1) is 11.3 Å². The van der Waals surface area contributed by atoms with Gasteiger partial charge in [-0.3, -0.25) is 4.79 Å². The van der Waals surface area contributed by atoms with E-state index >= 15 is 0 Å². The van der Waals surface area contributed by atoms with Crippen LogP contribution in [0.15, 0.2) is 0 Å². The highest BCUT2D eigenvalue weighted by Gasteiger charge is 2.30. The van der Waals surface area contributed by atoms with E-state index in [-0.39, 0.29) is 30.0 Å². The fraction of sp³-hybridized carbons (Fsp3) is 0.867. The molecule has 20 heavy (non-hydrogen) atoms. The summed E-state index contributed by atoms with van der Waals surface area (Å²) in [5.41, 5.74) is -0.284. The summed E-state index contributed by atoms with van der Waals surface area (Å²) >= 11 is 0. The highest BCUT2D eigenvalue weighted by molar-refractivity contribution is 5.76. The Morgan fingerprint density at radius 2 is 1.85 bits per heavy atom. The standard InChI is InChI=1S/C15H28N2O3/c1-10-7-5-6-8-11(10)16-14(20)17-12(9-13(18)19)15(2,3)4/h10-12H,5-9H2,1-4H3,(H,18,19)(H2,16,17,20). The minimum atomic E-state index is -0.892. The summed E-state index contributed by atoms with van der Waals surface area (Å²) in [7, 11) is 0. The van der Waals surface area contributed by atoms with Crippen molar-refractivity contribution in [1.82, 2.24) is 10.6 Å². The molecule has 0 aromatic rings. The number of carboxylic acid groups (broad SMARTS) is 1. The summed E-state index contributed by atoms with van der Waals surface area (Å²) in [4.78, 5) is 23.0. The molecule has 1 fully saturated rings. The van der Waals surface area contributed by atoms with Gasteiger partial charge in [0.2, 0.25) is 0 Å². The van der Waals surface area contributed by atoms with E-state index in [0.29, 0.717) is 5.92 Å². The number of rotatable bonds is 4. The van der Waals surface area contributed by atoms with Gasteiger partial charge in [0.1, 0.15) is 0 Å². The molecule has 0 heterocycles. The second-order valence-electron chi connectivity index (χ2n) is 7.00. The first-order valence-electron chi connectivity index (χ1n) is 7.49. The molecule has 3 unspecified atom stereocenters. The van der Waals surface area contributed by atoms with Crippen LogP contribution >= 0.6 is 0 Å². The van der Waals surface area contributed by atoms with Gasteiger partial charge < -0.3 is 15.7 Å². The fourth-order valence-electron chi connectivity index (χ4n) is 2.65. The zero-order valence-electron chi connectivity index (χ0n) is 13.0. The molecule has 0 saturated heterocycles. The van der Waals surface area contributed by atoms with Gasteiger partial charge >= 0.3 is 12.0 Å². The van der Waals surface area contributed by atoms with Crippen LogP contribution in [-0.4, -0.2) is 29.2 Å². The van der Waals surface area contributed by atoms with Crippen LogP contribution in [0.5, 0.6) is 0 Å². The van der Waals surface area contributed by atoms with Gasteiger partial charge in [0.15, 0.2) is 0 Å². The van der Waals surface area contributed by atoms with Gasteiger partial charge in [-0.05, 0) is 24.2 Å². The van der Waals surface area contributed by atoms with Crippen molar-refractivity contribution in [2.75, 3.05) is 0 Å². The van der Waals surface area contributed by atoms with Crippen LogP contribution in [0.25, 0.3) is 0 Å². The van der Waals surface area contributed by atoms with Crippen molar-refractivity contribution in [2.24, 2.45) is 11.3 Å². The normalized spacial score (nSPS) is 24.8. The first-order chi connectivity index (χ1) is 9.20. The molecule has 3 N–H and O–H groups in total. The van der Waals surface area contributed by atoms with Crippen molar-refractivity contribution in [1.29, 1.82) is 0 Å². The molecule has 116 valence electrons. The van der Waals surface area contributed by atoms with Gasteiger partial charge in [0, 0.05) is 12.1 Å². The van der Waals surface area contributed by atoms with Crippen LogP contribution in [0.2, 0.25) is 0 Å². The summed E-state index contributed by atoms with van der Waals surface area (Å²) in [6, 6.07) is -0.419. The molecule has 0 aromatic heterocycles. The molecular weight excluding hydrogens is 256 g/mol. The topological polar surface area (TPSA) is 78.4 Å². The average molecular weight is 284 g/mol. The van der Waals surface area contributed by atoms with Crippen molar-refractivity contribution in [3.05, 3.63) is 0 Å². The van der Waals surface area contributed by atoms with Crippen LogP contribution in [0.4, 0.5) is 4.79 Å². The highest BCUT2D eigenvalue weighted by Crippen LogP contribution is 2.24. The predicted molar refractivity (Wildman–Crippen MR) is 78.6 cm³/mol. The largest absolute Gasteiger partial charge is 0.481 e. The second kappa shape index (κ2) is 6.95. The van der Waals surface area contributed by atoms with Gasteiger partial charge in [0.25, 0.3) is 0 Å². The van der Waals surface area contributed by atoms with Crippen LogP contribution in [0.3, 0.4) is 0 Å². The fourth-order valence-corrected chi connectivity index (χ4v) is 2.65. The molecule has 0 radical (unpaired) electrons. The molecule has 0 spiro atoms. The van der Waals surface area contributed by atoms with Crippen molar-refractivity contribution < 1.29 is 14.7 Å². The Labute approximate surface area is 121 Å². The van der Waals surface area contributed by atoms with E-state index in [1.807, 2.05) is 20.8 Å². The third-order valence-corrected chi connectivity index (χ3v) is 4.16. The number of aliphatic carboxylic acids is 1. The molecule has 1 saturated carbocycles. The Hall–Kier alpha value is -1.26. The van der Waals surface area contributed by atoms with E-state index < -0.39 is 5.97 Å². The minimum absolute atomic E-state index is 0.0584. The highest BCUT2D eigenvalue weighted by atomic mass is 16.4. The van der Waals surface area contributed by atoms with Crippen LogP contribution in [-0.2, 0) is 4.79 Å². The number of hydrogen-bond acceptors (Lipinski definition) is 2. The van der Waals surface area contributed by atoms with E-state index in [9.17, 15) is 9.59 Å². The first-order valence-corrected chi connectivity index (χ1v) is 7.49. The second-order valence-corrected chi connectivity index (χ2v) is 7.00. The maximum absolute atomic E-state index is 12.1. The molecule has 5 heteroatoms. The summed E-state index contributed by atoms with van der Waals surface area (Å²) in [5, 5.41) is 14.8. The Morgan fingerprint density at radius 1 is 1.25 bits per heavy atom. The summed E-state index contributed by atoms with van der Waals surface area (Å²) in [5.74, 6) is -0.404. The van der Waals surface area contributed by atoms with Crippen molar-refractivity contribution in [3.63, 3.8) is 0 Å². The average Bonchev–Trinajstić information content (AvgIpc) is 2.29. The molecule has 1 rings (SSSR count). The minimum Gasteiger partial charge on any atom is -0.481 e. The van der Waals surface area contributed by atoms with Gasteiger partial charge in [-0.25, -0.2) is 4.79 Å². The third kappa shape index (κ3) is 5.39. The zero-order chi connectivity index (χ0) is 15.3. The monoisotopic (exact) mass is 284 g/mol. The number of carbonyl (C=O) groups excluding carboxylic acids is 1. The lowest BCUT2D eigenvalue weighted by Gasteiger charge is -2.33.